The highest BCUT2D eigenvalue weighted by Gasteiger charge is 2.59. The lowest BCUT2D eigenvalue weighted by Crippen LogP contribution is -2.50. The maximum absolute atomic E-state index is 12.1. The summed E-state index contributed by atoms with van der Waals surface area (Å²) in [5.74, 6) is 3.32. The number of allylic oxidation sites excluding steroid dienone is 2. The molecule has 0 aliphatic heterocycles. The van der Waals surface area contributed by atoms with Crippen LogP contribution in [0.1, 0.15) is 72.1 Å². The molecule has 3 saturated carbocycles. The van der Waals surface area contributed by atoms with E-state index in [0.29, 0.717) is 29.8 Å². The van der Waals surface area contributed by atoms with Gasteiger partial charge in [0.15, 0.2) is 0 Å². The molecule has 0 radical (unpaired) electrons. The first-order valence-electron chi connectivity index (χ1n) is 9.58. The van der Waals surface area contributed by atoms with E-state index >= 15 is 0 Å². The van der Waals surface area contributed by atoms with Crippen molar-refractivity contribution < 1.29 is 9.59 Å². The molecule has 2 heteroatoms. The number of fused-ring (bicyclic) bond motifs is 5. The average molecular weight is 314 g/mol. The summed E-state index contributed by atoms with van der Waals surface area (Å²) in [7, 11) is 0. The van der Waals surface area contributed by atoms with Crippen molar-refractivity contribution in [2.24, 2.45) is 34.5 Å². The molecule has 0 heterocycles. The Hall–Kier alpha value is -0.920. The Morgan fingerprint density at radius 2 is 1.91 bits per heavy atom. The summed E-state index contributed by atoms with van der Waals surface area (Å²) >= 11 is 0. The van der Waals surface area contributed by atoms with E-state index in [9.17, 15) is 9.59 Å². The van der Waals surface area contributed by atoms with Gasteiger partial charge in [-0.05, 0) is 74.0 Å². The van der Waals surface area contributed by atoms with Gasteiger partial charge in [0, 0.05) is 18.8 Å². The van der Waals surface area contributed by atoms with Gasteiger partial charge in [-0.1, -0.05) is 25.5 Å². The smallest absolute Gasteiger partial charge is 0.136 e. The molecular formula is C21H30O2. The Kier molecular flexibility index (Phi) is 3.42. The Bertz CT molecular complexity index is 589. The first-order valence-corrected chi connectivity index (χ1v) is 9.58. The van der Waals surface area contributed by atoms with Gasteiger partial charge >= 0.3 is 0 Å². The third kappa shape index (κ3) is 2.06. The predicted molar refractivity (Wildman–Crippen MR) is 90.9 cm³/mol. The molecule has 2 nitrogen and oxygen atoms in total. The maximum atomic E-state index is 12.1. The van der Waals surface area contributed by atoms with Crippen LogP contribution in [0.2, 0.25) is 0 Å². The molecule has 0 unspecified atom stereocenters. The zero-order chi connectivity index (χ0) is 16.4. The maximum Gasteiger partial charge on any atom is 0.136 e. The van der Waals surface area contributed by atoms with Crippen molar-refractivity contribution in [2.45, 2.75) is 72.1 Å². The monoisotopic (exact) mass is 314 g/mol. The summed E-state index contributed by atoms with van der Waals surface area (Å²) in [6.07, 6.45) is 10.9. The van der Waals surface area contributed by atoms with Crippen molar-refractivity contribution in [1.82, 2.24) is 0 Å². The minimum absolute atomic E-state index is 0.235. The normalized spacial score (nSPS) is 49.0. The van der Waals surface area contributed by atoms with Gasteiger partial charge < -0.3 is 0 Å². The highest BCUT2D eigenvalue weighted by atomic mass is 16.1. The summed E-state index contributed by atoms with van der Waals surface area (Å²) < 4.78 is 0. The van der Waals surface area contributed by atoms with Gasteiger partial charge in [-0.2, -0.15) is 0 Å². The second kappa shape index (κ2) is 5.04. The lowest BCUT2D eigenvalue weighted by Gasteiger charge is -2.57. The van der Waals surface area contributed by atoms with Gasteiger partial charge in [0.2, 0.25) is 0 Å². The third-order valence-electron chi connectivity index (χ3n) is 8.43. The second-order valence-corrected chi connectivity index (χ2v) is 9.26. The fourth-order valence-corrected chi connectivity index (χ4v) is 7.14. The van der Waals surface area contributed by atoms with Crippen LogP contribution in [0.25, 0.3) is 0 Å². The van der Waals surface area contributed by atoms with Gasteiger partial charge in [0.25, 0.3) is 0 Å². The Balaban J connectivity index is 1.67. The zero-order valence-electron chi connectivity index (χ0n) is 14.9. The molecule has 0 amide bonds. The van der Waals surface area contributed by atoms with Crippen LogP contribution in [0.5, 0.6) is 0 Å². The fraction of sp³-hybridized carbons (Fsp3) is 0.810. The molecule has 4 aliphatic carbocycles. The van der Waals surface area contributed by atoms with E-state index in [1.54, 1.807) is 6.92 Å². The number of hydrogen-bond acceptors (Lipinski definition) is 2. The molecule has 0 aromatic rings. The molecule has 23 heavy (non-hydrogen) atoms. The van der Waals surface area contributed by atoms with Crippen LogP contribution in [-0.2, 0) is 9.59 Å². The molecule has 0 saturated heterocycles. The van der Waals surface area contributed by atoms with E-state index in [4.69, 9.17) is 0 Å². The van der Waals surface area contributed by atoms with Crippen molar-refractivity contribution in [3.05, 3.63) is 11.6 Å². The number of Topliss-reactive ketones (excluding diaryl/α,β-unsaturated/α-hetero) is 2. The topological polar surface area (TPSA) is 34.1 Å². The lowest BCUT2D eigenvalue weighted by atomic mass is 9.47. The average Bonchev–Trinajstić information content (AvgIpc) is 2.85. The van der Waals surface area contributed by atoms with Crippen LogP contribution in [0.3, 0.4) is 0 Å². The minimum atomic E-state index is 0.235. The van der Waals surface area contributed by atoms with Crippen molar-refractivity contribution >= 4 is 11.6 Å². The fourth-order valence-electron chi connectivity index (χ4n) is 7.14. The molecule has 6 atom stereocenters. The largest absolute Gasteiger partial charge is 0.300 e. The van der Waals surface area contributed by atoms with Crippen molar-refractivity contribution in [1.29, 1.82) is 0 Å². The molecule has 0 N–H and O–H groups in total. The van der Waals surface area contributed by atoms with Gasteiger partial charge in [-0.25, -0.2) is 0 Å². The number of carbonyl (C=O) groups is 2. The van der Waals surface area contributed by atoms with Crippen LogP contribution >= 0.6 is 0 Å². The molecule has 4 rings (SSSR count). The molecule has 4 aliphatic rings. The molecule has 0 spiro atoms. The molecule has 0 aromatic heterocycles. The molecular weight excluding hydrogens is 284 g/mol. The summed E-state index contributed by atoms with van der Waals surface area (Å²) in [5.41, 5.74) is 1.94. The summed E-state index contributed by atoms with van der Waals surface area (Å²) in [6, 6.07) is 0. The van der Waals surface area contributed by atoms with Crippen LogP contribution in [0.4, 0.5) is 0 Å². The number of rotatable bonds is 1. The van der Waals surface area contributed by atoms with E-state index in [2.05, 4.69) is 19.9 Å². The molecule has 126 valence electrons. The van der Waals surface area contributed by atoms with Crippen LogP contribution in [0, 0.1) is 34.5 Å². The zero-order valence-corrected chi connectivity index (χ0v) is 14.9. The van der Waals surface area contributed by atoms with Crippen molar-refractivity contribution in [2.75, 3.05) is 0 Å². The quantitative estimate of drug-likeness (QED) is 0.656. The first-order chi connectivity index (χ1) is 10.9. The van der Waals surface area contributed by atoms with Crippen LogP contribution in [-0.4, -0.2) is 11.6 Å². The SMILES string of the molecule is CC(=O)[C@H]1CC[C@@H]2[C@H]3CC=C4CC(=O)CC[C@]4(C)[C@@H]3CC[C@]12C. The summed E-state index contributed by atoms with van der Waals surface area (Å²) in [4.78, 5) is 24.0. The van der Waals surface area contributed by atoms with Gasteiger partial charge in [-0.15, -0.1) is 0 Å². The van der Waals surface area contributed by atoms with Gasteiger partial charge in [0.05, 0.1) is 0 Å². The number of ketones is 2. The first kappa shape index (κ1) is 15.6. The van der Waals surface area contributed by atoms with E-state index in [1.807, 2.05) is 0 Å². The van der Waals surface area contributed by atoms with Crippen molar-refractivity contribution in [3.63, 3.8) is 0 Å². The highest BCUT2D eigenvalue weighted by Crippen LogP contribution is 2.66. The van der Waals surface area contributed by atoms with E-state index in [1.165, 1.54) is 24.8 Å². The number of hydrogen-bond donors (Lipinski definition) is 0. The predicted octanol–water partition coefficient (Wildman–Crippen LogP) is 4.72. The highest BCUT2D eigenvalue weighted by molar-refractivity contribution is 5.82. The van der Waals surface area contributed by atoms with Crippen LogP contribution in [0.15, 0.2) is 11.6 Å². The molecule has 3 fully saturated rings. The Morgan fingerprint density at radius 1 is 1.13 bits per heavy atom. The van der Waals surface area contributed by atoms with Gasteiger partial charge in [-0.3, -0.25) is 9.59 Å². The minimum Gasteiger partial charge on any atom is -0.300 e. The van der Waals surface area contributed by atoms with Crippen LogP contribution < -0.4 is 0 Å². The molecule has 0 bridgehead atoms. The summed E-state index contributed by atoms with van der Waals surface area (Å²) in [5, 5.41) is 0. The Morgan fingerprint density at radius 3 is 2.65 bits per heavy atom. The van der Waals surface area contributed by atoms with Crippen molar-refractivity contribution in [3.8, 4) is 0 Å². The molecule has 0 aromatic carbocycles. The van der Waals surface area contributed by atoms with E-state index in [-0.39, 0.29) is 10.8 Å². The van der Waals surface area contributed by atoms with E-state index in [0.717, 1.165) is 37.5 Å². The Labute approximate surface area is 140 Å². The second-order valence-electron chi connectivity index (χ2n) is 9.26. The summed E-state index contributed by atoms with van der Waals surface area (Å²) in [6.45, 7) is 6.64. The van der Waals surface area contributed by atoms with Gasteiger partial charge in [0.1, 0.15) is 11.6 Å². The lowest BCUT2D eigenvalue weighted by molar-refractivity contribution is -0.129. The van der Waals surface area contributed by atoms with E-state index < -0.39 is 0 Å². The standard InChI is InChI=1S/C21H30O2/c1-13(22)17-6-7-18-16-5-4-14-12-15(23)8-10-20(14,2)19(16)9-11-21(17,18)3/h4,16-19H,5-12H2,1-3H3/t16-,17-,18-,19-,20+,21-/m1/s1. The number of carbonyl (C=O) groups excluding carboxylic acids is 2. The third-order valence-corrected chi connectivity index (χ3v) is 8.43.